The number of carbonyl (C=O) groups is 1. The molecule has 0 atom stereocenters. The van der Waals surface area contributed by atoms with Gasteiger partial charge in [-0.1, -0.05) is 182 Å². The predicted molar refractivity (Wildman–Crippen MR) is 203 cm³/mol. The molecule has 0 bridgehead atoms. The van der Waals surface area contributed by atoms with Crippen molar-refractivity contribution >= 4 is 53.5 Å². The van der Waals surface area contributed by atoms with E-state index in [1.165, 1.54) is 31.1 Å². The van der Waals surface area contributed by atoms with Gasteiger partial charge in [-0.3, -0.25) is 4.79 Å². The highest BCUT2D eigenvalue weighted by molar-refractivity contribution is 7.07. The normalized spacial score (nSPS) is 11.7. The van der Waals surface area contributed by atoms with Crippen LogP contribution in [-0.2, 0) is 13.6 Å². The Morgan fingerprint density at radius 3 is 0.771 bits per heavy atom. The van der Waals surface area contributed by atoms with Gasteiger partial charge in [0.25, 0.3) is 16.6 Å². The molecule has 5 heteroatoms. The summed E-state index contributed by atoms with van der Waals surface area (Å²) in [4.78, 5) is 13.2. The van der Waals surface area contributed by atoms with Gasteiger partial charge in [0.15, 0.2) is 0 Å². The van der Waals surface area contributed by atoms with E-state index in [0.29, 0.717) is 38.9 Å². The molecule has 0 aliphatic heterocycles. The second-order valence-corrected chi connectivity index (χ2v) is 18.8. The van der Waals surface area contributed by atoms with Crippen LogP contribution in [0.1, 0.15) is 25.7 Å². The summed E-state index contributed by atoms with van der Waals surface area (Å²) < 4.78 is 14.0. The molecule has 6 aromatic carbocycles. The van der Waals surface area contributed by atoms with Gasteiger partial charge < -0.3 is 8.85 Å². The third-order valence-corrected chi connectivity index (χ3v) is 17.1. The predicted octanol–water partition coefficient (Wildman–Crippen LogP) is 5.48. The van der Waals surface area contributed by atoms with E-state index in [9.17, 15) is 4.79 Å². The first kappa shape index (κ1) is 33.3. The summed E-state index contributed by atoms with van der Waals surface area (Å²) in [5, 5.41) is 7.22. The van der Waals surface area contributed by atoms with E-state index in [1.807, 2.05) is 36.4 Å². The lowest BCUT2D eigenvalue weighted by Gasteiger charge is -2.33. The van der Waals surface area contributed by atoms with E-state index in [0.717, 1.165) is 0 Å². The largest absolute Gasteiger partial charge is 0.404 e. The second kappa shape index (κ2) is 16.4. The van der Waals surface area contributed by atoms with Crippen LogP contribution in [0.4, 0.5) is 0 Å². The third-order valence-electron chi connectivity index (χ3n) is 8.92. The van der Waals surface area contributed by atoms with Crippen molar-refractivity contribution in [1.82, 2.24) is 0 Å². The Balaban J connectivity index is 1.12. The second-order valence-electron chi connectivity index (χ2n) is 12.0. The maximum absolute atomic E-state index is 13.2. The monoisotopic (exact) mass is 662 g/mol. The smallest absolute Gasteiger partial charge is 0.288 e. The van der Waals surface area contributed by atoms with Gasteiger partial charge >= 0.3 is 0 Å². The Morgan fingerprint density at radius 2 is 0.562 bits per heavy atom. The quantitative estimate of drug-likeness (QED) is 0.0783. The molecule has 6 rings (SSSR count). The average molecular weight is 663 g/mol. The topological polar surface area (TPSA) is 35.5 Å². The van der Waals surface area contributed by atoms with Crippen LogP contribution in [0.3, 0.4) is 0 Å². The standard InChI is InChI=1S/C43H42O3Si2/c44-37(21-19-35-45-47(38-23-7-1-8-24-38,39-25-9-2-10-26-39)40-27-11-3-12-28-40)22-20-36-46-48(41-29-13-4-14-30-41,42-31-15-5-16-32-42)43-33-17-6-18-34-43/h1-18,23-34H,19-22,35-36H2. The summed E-state index contributed by atoms with van der Waals surface area (Å²) in [7, 11) is -5.54. The van der Waals surface area contributed by atoms with Crippen molar-refractivity contribution in [2.45, 2.75) is 25.7 Å². The van der Waals surface area contributed by atoms with Gasteiger partial charge in [0.2, 0.25) is 0 Å². The number of ketones is 1. The Hall–Kier alpha value is -4.66. The molecule has 0 aliphatic rings. The molecule has 0 unspecified atom stereocenters. The first-order chi connectivity index (χ1) is 23.7. The molecule has 0 amide bonds. The number of benzene rings is 6. The summed E-state index contributed by atoms with van der Waals surface area (Å²) in [5.41, 5.74) is 0. The van der Waals surface area contributed by atoms with Crippen LogP contribution in [0.5, 0.6) is 0 Å². The molecule has 6 aromatic rings. The molecular weight excluding hydrogens is 621 g/mol. The Bertz CT molecular complexity index is 1490. The molecule has 0 N–H and O–H groups in total. The van der Waals surface area contributed by atoms with Crippen LogP contribution in [0, 0.1) is 0 Å². The van der Waals surface area contributed by atoms with Crippen LogP contribution in [0.2, 0.25) is 0 Å². The van der Waals surface area contributed by atoms with Crippen LogP contribution in [0.15, 0.2) is 182 Å². The fourth-order valence-corrected chi connectivity index (χ4v) is 14.5. The van der Waals surface area contributed by atoms with Crippen LogP contribution in [0.25, 0.3) is 0 Å². The molecule has 0 saturated heterocycles. The lowest BCUT2D eigenvalue weighted by molar-refractivity contribution is -0.119. The molecule has 0 saturated carbocycles. The van der Waals surface area contributed by atoms with Crippen LogP contribution < -0.4 is 31.1 Å². The summed E-state index contributed by atoms with van der Waals surface area (Å²) in [6.45, 7) is 1.03. The van der Waals surface area contributed by atoms with Gasteiger partial charge in [0, 0.05) is 26.1 Å². The molecule has 0 radical (unpaired) electrons. The number of rotatable bonds is 16. The van der Waals surface area contributed by atoms with Gasteiger partial charge in [-0.2, -0.15) is 0 Å². The lowest BCUT2D eigenvalue weighted by Crippen LogP contribution is -2.69. The van der Waals surface area contributed by atoms with E-state index in [4.69, 9.17) is 8.85 Å². The lowest BCUT2D eigenvalue weighted by atomic mass is 10.1. The van der Waals surface area contributed by atoms with E-state index >= 15 is 0 Å². The molecule has 3 nitrogen and oxygen atoms in total. The highest BCUT2D eigenvalue weighted by Gasteiger charge is 2.42. The number of hydrogen-bond acceptors (Lipinski definition) is 3. The minimum atomic E-state index is -2.77. The van der Waals surface area contributed by atoms with E-state index in [1.54, 1.807) is 0 Å². The Labute approximate surface area is 287 Å². The zero-order valence-electron chi connectivity index (χ0n) is 27.3. The molecule has 0 aliphatic carbocycles. The summed E-state index contributed by atoms with van der Waals surface area (Å²) >= 11 is 0. The number of carbonyl (C=O) groups excluding carboxylic acids is 1. The molecule has 240 valence electrons. The first-order valence-electron chi connectivity index (χ1n) is 16.9. The average Bonchev–Trinajstić information content (AvgIpc) is 3.17. The first-order valence-corrected chi connectivity index (χ1v) is 20.7. The molecule has 0 aromatic heterocycles. The minimum absolute atomic E-state index is 0.250. The van der Waals surface area contributed by atoms with Crippen LogP contribution >= 0.6 is 0 Å². The third kappa shape index (κ3) is 7.40. The molecule has 0 fully saturated rings. The highest BCUT2D eigenvalue weighted by Crippen LogP contribution is 2.14. The van der Waals surface area contributed by atoms with Gasteiger partial charge in [-0.05, 0) is 44.0 Å². The summed E-state index contributed by atoms with van der Waals surface area (Å²) in [5.74, 6) is 0.250. The van der Waals surface area contributed by atoms with Crippen molar-refractivity contribution in [3.05, 3.63) is 182 Å². The van der Waals surface area contributed by atoms with Crippen LogP contribution in [-0.4, -0.2) is 35.6 Å². The zero-order chi connectivity index (χ0) is 32.9. The van der Waals surface area contributed by atoms with E-state index in [-0.39, 0.29) is 5.78 Å². The summed E-state index contributed by atoms with van der Waals surface area (Å²) in [6.07, 6.45) is 2.33. The SMILES string of the molecule is O=C(CCCO[Si](c1ccccc1)(c1ccccc1)c1ccccc1)CCCO[Si](c1ccccc1)(c1ccccc1)c1ccccc1. The highest BCUT2D eigenvalue weighted by atomic mass is 28.4. The minimum Gasteiger partial charge on any atom is -0.404 e. The zero-order valence-corrected chi connectivity index (χ0v) is 29.3. The summed E-state index contributed by atoms with van der Waals surface area (Å²) in [6, 6.07) is 63.5. The van der Waals surface area contributed by atoms with Gasteiger partial charge in [0.05, 0.1) is 0 Å². The molecular formula is C43H42O3Si2. The van der Waals surface area contributed by atoms with Gasteiger partial charge in [0.1, 0.15) is 5.78 Å². The van der Waals surface area contributed by atoms with Crippen molar-refractivity contribution in [2.24, 2.45) is 0 Å². The van der Waals surface area contributed by atoms with Crippen molar-refractivity contribution in [1.29, 1.82) is 0 Å². The fourth-order valence-electron chi connectivity index (χ4n) is 6.65. The van der Waals surface area contributed by atoms with Crippen molar-refractivity contribution < 1.29 is 13.6 Å². The Morgan fingerprint density at radius 1 is 0.354 bits per heavy atom. The Kier molecular flexibility index (Phi) is 11.4. The van der Waals surface area contributed by atoms with Gasteiger partial charge in [-0.15, -0.1) is 0 Å². The van der Waals surface area contributed by atoms with E-state index < -0.39 is 16.6 Å². The maximum Gasteiger partial charge on any atom is 0.288 e. The molecule has 0 spiro atoms. The fraction of sp³-hybridized carbons (Fsp3) is 0.140. The van der Waals surface area contributed by atoms with Crippen molar-refractivity contribution in [3.8, 4) is 0 Å². The maximum atomic E-state index is 13.2. The number of hydrogen-bond donors (Lipinski definition) is 0. The van der Waals surface area contributed by atoms with Crippen molar-refractivity contribution in [3.63, 3.8) is 0 Å². The van der Waals surface area contributed by atoms with Crippen molar-refractivity contribution in [2.75, 3.05) is 13.2 Å². The van der Waals surface area contributed by atoms with E-state index in [2.05, 4.69) is 146 Å². The molecule has 0 heterocycles. The van der Waals surface area contributed by atoms with Gasteiger partial charge in [-0.25, -0.2) is 0 Å². The molecule has 48 heavy (non-hydrogen) atoms. The number of Topliss-reactive ketones (excluding diaryl/α,β-unsaturated/α-hetero) is 1.